The molecule has 1 unspecified atom stereocenters. The number of carbonyl (C=O) groups excluding carboxylic acids is 1. The van der Waals surface area contributed by atoms with Crippen LogP contribution >= 0.6 is 11.8 Å². The Morgan fingerprint density at radius 3 is 2.84 bits per heavy atom. The monoisotopic (exact) mass is 357 g/mol. The van der Waals surface area contributed by atoms with Gasteiger partial charge in [0.25, 0.3) is 0 Å². The average Bonchev–Trinajstić information content (AvgIpc) is 3.09. The number of imidazole rings is 1. The van der Waals surface area contributed by atoms with E-state index >= 15 is 0 Å². The molecule has 1 atom stereocenters. The molecule has 1 N–H and O–H groups in total. The van der Waals surface area contributed by atoms with Crippen LogP contribution in [-0.2, 0) is 10.5 Å². The highest BCUT2D eigenvalue weighted by molar-refractivity contribution is 7.99. The number of furan rings is 1. The van der Waals surface area contributed by atoms with Gasteiger partial charge in [0, 0.05) is 23.7 Å². The first-order valence-electron chi connectivity index (χ1n) is 8.30. The summed E-state index contributed by atoms with van der Waals surface area (Å²) in [6, 6.07) is 5.98. The van der Waals surface area contributed by atoms with Gasteiger partial charge in [0.15, 0.2) is 0 Å². The van der Waals surface area contributed by atoms with Crippen LogP contribution in [-0.4, -0.2) is 21.0 Å². The van der Waals surface area contributed by atoms with Crippen LogP contribution in [0.25, 0.3) is 5.65 Å². The van der Waals surface area contributed by atoms with E-state index in [0.717, 1.165) is 28.4 Å². The molecule has 1 amide bonds. The lowest BCUT2D eigenvalue weighted by Gasteiger charge is -2.12. The number of nitrogens with one attached hydrogen (secondary N) is 1. The molecular weight excluding hydrogens is 334 g/mol. The topological polar surface area (TPSA) is 59.5 Å². The van der Waals surface area contributed by atoms with Crippen molar-refractivity contribution in [1.82, 2.24) is 14.7 Å². The fourth-order valence-corrected chi connectivity index (χ4v) is 3.63. The maximum atomic E-state index is 12.2. The van der Waals surface area contributed by atoms with Crippen LogP contribution in [0.15, 0.2) is 35.0 Å². The van der Waals surface area contributed by atoms with Gasteiger partial charge in [-0.15, -0.1) is 11.8 Å². The van der Waals surface area contributed by atoms with Crippen LogP contribution in [0.2, 0.25) is 0 Å². The molecule has 3 aromatic heterocycles. The zero-order valence-electron chi connectivity index (χ0n) is 15.0. The molecule has 0 aromatic carbocycles. The van der Waals surface area contributed by atoms with Gasteiger partial charge < -0.3 is 14.1 Å². The third kappa shape index (κ3) is 4.25. The summed E-state index contributed by atoms with van der Waals surface area (Å²) in [6.45, 7) is 7.87. The second kappa shape index (κ2) is 7.35. The minimum atomic E-state index is -0.0521. The highest BCUT2D eigenvalue weighted by Crippen LogP contribution is 2.21. The van der Waals surface area contributed by atoms with E-state index in [2.05, 4.69) is 23.4 Å². The Morgan fingerprint density at radius 2 is 2.12 bits per heavy atom. The fourth-order valence-electron chi connectivity index (χ4n) is 2.91. The second-order valence-corrected chi connectivity index (χ2v) is 7.34. The molecule has 6 heteroatoms. The van der Waals surface area contributed by atoms with Gasteiger partial charge in [0.1, 0.15) is 17.2 Å². The van der Waals surface area contributed by atoms with Crippen LogP contribution in [0.4, 0.5) is 0 Å². The largest absolute Gasteiger partial charge is 0.466 e. The molecule has 0 fully saturated rings. The van der Waals surface area contributed by atoms with Gasteiger partial charge in [-0.25, -0.2) is 4.98 Å². The summed E-state index contributed by atoms with van der Waals surface area (Å²) in [7, 11) is 0. The van der Waals surface area contributed by atoms with Crippen molar-refractivity contribution in [1.29, 1.82) is 0 Å². The predicted octanol–water partition coefficient (Wildman–Crippen LogP) is 3.96. The predicted molar refractivity (Wildman–Crippen MR) is 101 cm³/mol. The Kier molecular flexibility index (Phi) is 5.18. The van der Waals surface area contributed by atoms with Crippen LogP contribution in [0.5, 0.6) is 0 Å². The lowest BCUT2D eigenvalue weighted by molar-refractivity contribution is -0.119. The highest BCUT2D eigenvalue weighted by Gasteiger charge is 2.15. The summed E-state index contributed by atoms with van der Waals surface area (Å²) in [6.07, 6.45) is 4.08. The van der Waals surface area contributed by atoms with Gasteiger partial charge in [-0.05, 0) is 45.4 Å². The van der Waals surface area contributed by atoms with Crippen molar-refractivity contribution >= 4 is 23.3 Å². The Labute approximate surface area is 151 Å². The molecule has 3 rings (SSSR count). The molecule has 0 bridgehead atoms. The lowest BCUT2D eigenvalue weighted by atomic mass is 10.1. The van der Waals surface area contributed by atoms with Crippen molar-refractivity contribution in [2.24, 2.45) is 0 Å². The number of rotatable bonds is 6. The van der Waals surface area contributed by atoms with Crippen molar-refractivity contribution in [3.8, 4) is 0 Å². The molecule has 3 aromatic rings. The van der Waals surface area contributed by atoms with Gasteiger partial charge in [0.05, 0.1) is 17.5 Å². The number of carbonyl (C=O) groups is 1. The maximum absolute atomic E-state index is 12.2. The SMILES string of the molecule is Cc1ccc2nc(CSCC(=O)NC(C)c3cc(C)oc3C)cn2c1. The first-order valence-corrected chi connectivity index (χ1v) is 9.46. The smallest absolute Gasteiger partial charge is 0.230 e. The molecule has 25 heavy (non-hydrogen) atoms. The summed E-state index contributed by atoms with van der Waals surface area (Å²) in [5.41, 5.74) is 4.15. The van der Waals surface area contributed by atoms with E-state index in [4.69, 9.17) is 4.42 Å². The average molecular weight is 357 g/mol. The quantitative estimate of drug-likeness (QED) is 0.725. The number of aromatic nitrogens is 2. The second-order valence-electron chi connectivity index (χ2n) is 6.35. The van der Waals surface area contributed by atoms with Crippen LogP contribution in [0.1, 0.15) is 41.3 Å². The third-order valence-corrected chi connectivity index (χ3v) is 5.02. The number of aryl methyl sites for hydroxylation is 3. The highest BCUT2D eigenvalue weighted by atomic mass is 32.2. The molecule has 0 radical (unpaired) electrons. The molecular formula is C19H23N3O2S. The maximum Gasteiger partial charge on any atom is 0.230 e. The first-order chi connectivity index (χ1) is 11.9. The van der Waals surface area contributed by atoms with E-state index < -0.39 is 0 Å². The van der Waals surface area contributed by atoms with E-state index in [9.17, 15) is 4.79 Å². The van der Waals surface area contributed by atoms with Crippen LogP contribution in [0, 0.1) is 20.8 Å². The number of amides is 1. The molecule has 0 saturated heterocycles. The first kappa shape index (κ1) is 17.6. The summed E-state index contributed by atoms with van der Waals surface area (Å²) < 4.78 is 7.55. The van der Waals surface area contributed by atoms with E-state index in [1.165, 1.54) is 5.56 Å². The Morgan fingerprint density at radius 1 is 1.32 bits per heavy atom. The normalized spacial score (nSPS) is 12.5. The van der Waals surface area contributed by atoms with Crippen LogP contribution in [0.3, 0.4) is 0 Å². The van der Waals surface area contributed by atoms with Crippen molar-refractivity contribution < 1.29 is 9.21 Å². The third-order valence-electron chi connectivity index (χ3n) is 4.06. The molecule has 0 spiro atoms. The van der Waals surface area contributed by atoms with Gasteiger partial charge in [-0.1, -0.05) is 6.07 Å². The minimum Gasteiger partial charge on any atom is -0.466 e. The number of fused-ring (bicyclic) bond motifs is 1. The van der Waals surface area contributed by atoms with Gasteiger partial charge in [0.2, 0.25) is 5.91 Å². The standard InChI is InChI=1S/C19H23N3O2S/c1-12-5-6-18-21-16(9-22(18)8-12)10-25-11-19(23)20-14(3)17-7-13(2)24-15(17)4/h5-9,14H,10-11H2,1-4H3,(H,20,23). The summed E-state index contributed by atoms with van der Waals surface area (Å²) in [4.78, 5) is 16.7. The number of nitrogens with zero attached hydrogens (tertiary/aromatic N) is 2. The summed E-state index contributed by atoms with van der Waals surface area (Å²) >= 11 is 1.57. The lowest BCUT2D eigenvalue weighted by Crippen LogP contribution is -2.28. The number of thioether (sulfide) groups is 1. The summed E-state index contributed by atoms with van der Waals surface area (Å²) in [5, 5.41) is 3.03. The van der Waals surface area contributed by atoms with Crippen molar-refractivity contribution in [3.63, 3.8) is 0 Å². The van der Waals surface area contributed by atoms with Gasteiger partial charge in [-0.3, -0.25) is 4.79 Å². The zero-order chi connectivity index (χ0) is 18.0. The van der Waals surface area contributed by atoms with E-state index in [-0.39, 0.29) is 11.9 Å². The molecule has 3 heterocycles. The van der Waals surface area contributed by atoms with Gasteiger partial charge in [-0.2, -0.15) is 0 Å². The molecule has 0 saturated carbocycles. The van der Waals surface area contributed by atoms with Crippen molar-refractivity contribution in [3.05, 3.63) is 58.9 Å². The number of hydrogen-bond acceptors (Lipinski definition) is 4. The van der Waals surface area contributed by atoms with E-state index in [1.807, 2.05) is 49.6 Å². The Hall–Kier alpha value is -2.21. The Bertz CT molecular complexity index is 897. The van der Waals surface area contributed by atoms with Crippen molar-refractivity contribution in [2.75, 3.05) is 5.75 Å². The summed E-state index contributed by atoms with van der Waals surface area (Å²) in [5.74, 6) is 2.87. The van der Waals surface area contributed by atoms with Gasteiger partial charge >= 0.3 is 0 Å². The van der Waals surface area contributed by atoms with E-state index in [1.54, 1.807) is 11.8 Å². The zero-order valence-corrected chi connectivity index (χ0v) is 15.8. The molecule has 0 aliphatic rings. The fraction of sp³-hybridized carbons (Fsp3) is 0.368. The van der Waals surface area contributed by atoms with Crippen molar-refractivity contribution in [2.45, 2.75) is 39.5 Å². The Balaban J connectivity index is 1.51. The molecule has 5 nitrogen and oxygen atoms in total. The van der Waals surface area contributed by atoms with Crippen LogP contribution < -0.4 is 5.32 Å². The number of hydrogen-bond donors (Lipinski definition) is 1. The van der Waals surface area contributed by atoms with E-state index in [0.29, 0.717) is 11.5 Å². The molecule has 132 valence electrons. The minimum absolute atomic E-state index is 0.0235. The molecule has 0 aliphatic heterocycles. The molecule has 0 aliphatic carbocycles. The number of pyridine rings is 1.